The lowest BCUT2D eigenvalue weighted by Gasteiger charge is -2.16. The molecule has 22 heavy (non-hydrogen) atoms. The summed E-state index contributed by atoms with van der Waals surface area (Å²) in [5.74, 6) is -1.94. The maximum Gasteiger partial charge on any atom is 0.308 e. The second-order valence-electron chi connectivity index (χ2n) is 5.27. The molecule has 0 spiro atoms. The first-order valence-electron chi connectivity index (χ1n) is 6.85. The number of aliphatic carboxylic acids is 1. The number of anilines is 1. The molecule has 1 heterocycles. The van der Waals surface area contributed by atoms with Crippen LogP contribution in [0.5, 0.6) is 5.75 Å². The van der Waals surface area contributed by atoms with Gasteiger partial charge in [-0.15, -0.1) is 0 Å². The van der Waals surface area contributed by atoms with Crippen LogP contribution in [0.15, 0.2) is 18.2 Å². The van der Waals surface area contributed by atoms with Gasteiger partial charge in [0.15, 0.2) is 0 Å². The molecule has 2 N–H and O–H groups in total. The van der Waals surface area contributed by atoms with Gasteiger partial charge in [0.05, 0.1) is 25.3 Å². The number of nitrogens with one attached hydrogen (secondary N) is 1. The number of rotatable bonds is 5. The summed E-state index contributed by atoms with van der Waals surface area (Å²) in [5.41, 5.74) is 1.48. The molecule has 0 radical (unpaired) electrons. The zero-order valence-electron chi connectivity index (χ0n) is 12.5. The predicted octanol–water partition coefficient (Wildman–Crippen LogP) is 0.875. The summed E-state index contributed by atoms with van der Waals surface area (Å²) in [4.78, 5) is 35.9. The fourth-order valence-corrected chi connectivity index (χ4v) is 2.37. The van der Waals surface area contributed by atoms with E-state index in [2.05, 4.69) is 5.32 Å². The van der Waals surface area contributed by atoms with Crippen LogP contribution in [0.3, 0.4) is 0 Å². The van der Waals surface area contributed by atoms with Crippen molar-refractivity contribution in [2.24, 2.45) is 5.92 Å². The van der Waals surface area contributed by atoms with E-state index in [9.17, 15) is 14.4 Å². The van der Waals surface area contributed by atoms with Crippen molar-refractivity contribution in [2.45, 2.75) is 13.3 Å². The Hall–Kier alpha value is -2.57. The zero-order chi connectivity index (χ0) is 16.3. The number of carbonyl (C=O) groups excluding carboxylic acids is 2. The van der Waals surface area contributed by atoms with Crippen molar-refractivity contribution in [1.29, 1.82) is 0 Å². The quantitative estimate of drug-likeness (QED) is 0.841. The monoisotopic (exact) mass is 306 g/mol. The molecular formula is C15H18N2O5. The molecule has 0 aliphatic carbocycles. The van der Waals surface area contributed by atoms with Gasteiger partial charge in [0.1, 0.15) is 5.75 Å². The number of ether oxygens (including phenoxy) is 1. The van der Waals surface area contributed by atoms with Crippen LogP contribution in [0.2, 0.25) is 0 Å². The molecule has 7 nitrogen and oxygen atoms in total. The van der Waals surface area contributed by atoms with Gasteiger partial charge < -0.3 is 20.1 Å². The van der Waals surface area contributed by atoms with Crippen molar-refractivity contribution in [3.63, 3.8) is 0 Å². The van der Waals surface area contributed by atoms with Gasteiger partial charge in [-0.1, -0.05) is 6.07 Å². The van der Waals surface area contributed by atoms with Gasteiger partial charge in [0.25, 0.3) is 0 Å². The Morgan fingerprint density at radius 1 is 1.45 bits per heavy atom. The first-order chi connectivity index (χ1) is 10.4. The fraction of sp³-hybridized carbons (Fsp3) is 0.400. The largest absolute Gasteiger partial charge is 0.495 e. The molecule has 1 aliphatic rings. The first kappa shape index (κ1) is 15.8. The van der Waals surface area contributed by atoms with Crippen LogP contribution >= 0.6 is 0 Å². The average Bonchev–Trinajstić information content (AvgIpc) is 2.80. The predicted molar refractivity (Wildman–Crippen MR) is 78.7 cm³/mol. The van der Waals surface area contributed by atoms with Crippen LogP contribution in [0.25, 0.3) is 0 Å². The summed E-state index contributed by atoms with van der Waals surface area (Å²) >= 11 is 0. The van der Waals surface area contributed by atoms with E-state index in [0.717, 1.165) is 5.56 Å². The lowest BCUT2D eigenvalue weighted by molar-refractivity contribution is -0.141. The number of carbonyl (C=O) groups is 3. The zero-order valence-corrected chi connectivity index (χ0v) is 12.5. The highest BCUT2D eigenvalue weighted by molar-refractivity contribution is 5.97. The van der Waals surface area contributed by atoms with Crippen molar-refractivity contribution >= 4 is 23.5 Å². The number of carboxylic acids is 1. The van der Waals surface area contributed by atoms with Crippen molar-refractivity contribution in [1.82, 2.24) is 4.90 Å². The maximum absolute atomic E-state index is 12.1. The molecule has 1 aromatic rings. The van der Waals surface area contributed by atoms with Gasteiger partial charge in [-0.3, -0.25) is 14.4 Å². The lowest BCUT2D eigenvalue weighted by atomic mass is 10.1. The molecule has 7 heteroatoms. The molecule has 0 saturated carbocycles. The van der Waals surface area contributed by atoms with E-state index in [-0.39, 0.29) is 31.3 Å². The molecule has 1 unspecified atom stereocenters. The number of hydrogen-bond acceptors (Lipinski definition) is 4. The molecule has 1 aliphatic heterocycles. The second kappa shape index (κ2) is 6.46. The van der Waals surface area contributed by atoms with E-state index < -0.39 is 11.9 Å². The fourth-order valence-electron chi connectivity index (χ4n) is 2.37. The van der Waals surface area contributed by atoms with Crippen molar-refractivity contribution in [3.8, 4) is 5.75 Å². The molecular weight excluding hydrogens is 288 g/mol. The molecule has 118 valence electrons. The standard InChI is InChI=1S/C15H18N2O5/c1-9-3-4-12(22-2)11(5-9)16-13(18)8-17-7-10(15(20)21)6-14(17)19/h3-5,10H,6-8H2,1-2H3,(H,16,18)(H,20,21). The van der Waals surface area contributed by atoms with Crippen LogP contribution in [0, 0.1) is 12.8 Å². The second-order valence-corrected chi connectivity index (χ2v) is 5.27. The third-order valence-corrected chi connectivity index (χ3v) is 3.53. The minimum atomic E-state index is -1.02. The summed E-state index contributed by atoms with van der Waals surface area (Å²) in [5, 5.41) is 11.6. The summed E-state index contributed by atoms with van der Waals surface area (Å²) in [6, 6.07) is 5.37. The number of aryl methyl sites for hydroxylation is 1. The Labute approximate surface area is 127 Å². The number of nitrogens with zero attached hydrogens (tertiary/aromatic N) is 1. The molecule has 0 bridgehead atoms. The smallest absolute Gasteiger partial charge is 0.308 e. The highest BCUT2D eigenvalue weighted by Crippen LogP contribution is 2.25. The number of benzene rings is 1. The Morgan fingerprint density at radius 3 is 2.77 bits per heavy atom. The Bertz CT molecular complexity index is 614. The molecule has 1 aromatic carbocycles. The molecule has 1 atom stereocenters. The summed E-state index contributed by atoms with van der Waals surface area (Å²) in [6.07, 6.45) is -0.0591. The molecule has 2 amide bonds. The van der Waals surface area contributed by atoms with Crippen LogP contribution in [0.1, 0.15) is 12.0 Å². The van der Waals surface area contributed by atoms with Crippen molar-refractivity contribution in [3.05, 3.63) is 23.8 Å². The van der Waals surface area contributed by atoms with Crippen LogP contribution in [0.4, 0.5) is 5.69 Å². The minimum Gasteiger partial charge on any atom is -0.495 e. The third kappa shape index (κ3) is 3.55. The minimum absolute atomic E-state index is 0.0591. The molecule has 2 rings (SSSR count). The Kier molecular flexibility index (Phi) is 4.65. The van der Waals surface area contributed by atoms with Gasteiger partial charge >= 0.3 is 5.97 Å². The van der Waals surface area contributed by atoms with E-state index in [1.54, 1.807) is 12.1 Å². The SMILES string of the molecule is COc1ccc(C)cc1NC(=O)CN1CC(C(=O)O)CC1=O. The maximum atomic E-state index is 12.1. The van der Waals surface area contributed by atoms with Gasteiger partial charge in [-0.05, 0) is 24.6 Å². The first-order valence-corrected chi connectivity index (χ1v) is 6.85. The number of methoxy groups -OCH3 is 1. The molecule has 0 aromatic heterocycles. The van der Waals surface area contributed by atoms with E-state index >= 15 is 0 Å². The van der Waals surface area contributed by atoms with Crippen molar-refractivity contribution in [2.75, 3.05) is 25.5 Å². The summed E-state index contributed by atoms with van der Waals surface area (Å²) in [6.45, 7) is 1.78. The van der Waals surface area contributed by atoms with Gasteiger partial charge in [-0.25, -0.2) is 0 Å². The number of carboxylic acid groups (broad SMARTS) is 1. The van der Waals surface area contributed by atoms with E-state index in [1.165, 1.54) is 12.0 Å². The molecule has 1 saturated heterocycles. The average molecular weight is 306 g/mol. The number of hydrogen-bond donors (Lipinski definition) is 2. The van der Waals surface area contributed by atoms with Crippen LogP contribution in [-0.2, 0) is 14.4 Å². The van der Waals surface area contributed by atoms with Crippen molar-refractivity contribution < 1.29 is 24.2 Å². The van der Waals surface area contributed by atoms with Crippen LogP contribution < -0.4 is 10.1 Å². The van der Waals surface area contributed by atoms with E-state index in [1.807, 2.05) is 13.0 Å². The Balaban J connectivity index is 2.00. The van der Waals surface area contributed by atoms with E-state index in [0.29, 0.717) is 11.4 Å². The number of likely N-dealkylation sites (tertiary alicyclic amines) is 1. The summed E-state index contributed by atoms with van der Waals surface area (Å²) in [7, 11) is 1.50. The summed E-state index contributed by atoms with van der Waals surface area (Å²) < 4.78 is 5.17. The molecule has 1 fully saturated rings. The van der Waals surface area contributed by atoms with Gasteiger partial charge in [0, 0.05) is 13.0 Å². The lowest BCUT2D eigenvalue weighted by Crippen LogP contribution is -2.34. The Morgan fingerprint density at radius 2 is 2.18 bits per heavy atom. The van der Waals surface area contributed by atoms with Gasteiger partial charge in [0.2, 0.25) is 11.8 Å². The van der Waals surface area contributed by atoms with Crippen LogP contribution in [-0.4, -0.2) is 48.0 Å². The topological polar surface area (TPSA) is 95.9 Å². The van der Waals surface area contributed by atoms with E-state index in [4.69, 9.17) is 9.84 Å². The third-order valence-electron chi connectivity index (χ3n) is 3.53. The van der Waals surface area contributed by atoms with Gasteiger partial charge in [-0.2, -0.15) is 0 Å². The number of amides is 2. The highest BCUT2D eigenvalue weighted by Gasteiger charge is 2.35. The highest BCUT2D eigenvalue weighted by atomic mass is 16.5. The normalized spacial score (nSPS) is 17.5.